The smallest absolute Gasteiger partial charge is 0.220 e. The molecule has 2 aliphatic heterocycles. The van der Waals surface area contributed by atoms with Crippen molar-refractivity contribution in [2.75, 3.05) is 26.7 Å². The summed E-state index contributed by atoms with van der Waals surface area (Å²) in [6, 6.07) is 0. The Bertz CT molecular complexity index is 631. The molecule has 1 saturated heterocycles. The van der Waals surface area contributed by atoms with E-state index >= 15 is 0 Å². The van der Waals surface area contributed by atoms with Gasteiger partial charge in [0.2, 0.25) is 5.91 Å². The molecule has 26 heavy (non-hydrogen) atoms. The lowest BCUT2D eigenvalue weighted by Gasteiger charge is -2.34. The van der Waals surface area contributed by atoms with Gasteiger partial charge in [-0.05, 0) is 38.5 Å². The molecule has 2 N–H and O–H groups in total. The molecular formula is C18H31N7O. The van der Waals surface area contributed by atoms with Crippen molar-refractivity contribution < 1.29 is 4.79 Å². The molecule has 0 bridgehead atoms. The van der Waals surface area contributed by atoms with Gasteiger partial charge in [0.15, 0.2) is 11.8 Å². The fourth-order valence-electron chi connectivity index (χ4n) is 3.77. The number of aryl methyl sites for hydroxylation is 1. The lowest BCUT2D eigenvalue weighted by atomic mass is 9.93. The number of aliphatic imine (C=N–C) groups is 1. The SMILES string of the molecule is CCNC(=NCc1nnc2n1CCCC2)N1CCC(CC(=O)NC)CC1. The van der Waals surface area contributed by atoms with Gasteiger partial charge in [-0.2, -0.15) is 0 Å². The minimum absolute atomic E-state index is 0.139. The van der Waals surface area contributed by atoms with E-state index < -0.39 is 0 Å². The zero-order valence-electron chi connectivity index (χ0n) is 16.0. The highest BCUT2D eigenvalue weighted by Gasteiger charge is 2.23. The molecule has 0 radical (unpaired) electrons. The Morgan fingerprint density at radius 3 is 2.77 bits per heavy atom. The van der Waals surface area contributed by atoms with Gasteiger partial charge in [0, 0.05) is 46.1 Å². The van der Waals surface area contributed by atoms with Crippen LogP contribution in [0.2, 0.25) is 0 Å². The Hall–Kier alpha value is -2.12. The van der Waals surface area contributed by atoms with E-state index in [2.05, 4.69) is 37.2 Å². The van der Waals surface area contributed by atoms with E-state index in [4.69, 9.17) is 4.99 Å². The number of carbonyl (C=O) groups is 1. The summed E-state index contributed by atoms with van der Waals surface area (Å²) in [5.74, 6) is 3.61. The molecule has 0 unspecified atom stereocenters. The summed E-state index contributed by atoms with van der Waals surface area (Å²) in [6.07, 6.45) is 6.10. The molecular weight excluding hydrogens is 330 g/mol. The average molecular weight is 361 g/mol. The summed E-state index contributed by atoms with van der Waals surface area (Å²) in [4.78, 5) is 18.7. The van der Waals surface area contributed by atoms with Crippen molar-refractivity contribution in [1.29, 1.82) is 0 Å². The van der Waals surface area contributed by atoms with Crippen LogP contribution in [0.5, 0.6) is 0 Å². The van der Waals surface area contributed by atoms with Gasteiger partial charge in [-0.1, -0.05) is 0 Å². The molecule has 1 fully saturated rings. The molecule has 1 aromatic heterocycles. The minimum Gasteiger partial charge on any atom is -0.359 e. The van der Waals surface area contributed by atoms with Crippen molar-refractivity contribution in [2.24, 2.45) is 10.9 Å². The van der Waals surface area contributed by atoms with E-state index in [-0.39, 0.29) is 5.91 Å². The summed E-state index contributed by atoms with van der Waals surface area (Å²) in [5, 5.41) is 14.8. The van der Waals surface area contributed by atoms with Crippen molar-refractivity contribution in [2.45, 2.75) is 58.5 Å². The number of nitrogens with zero attached hydrogens (tertiary/aromatic N) is 5. The molecule has 8 nitrogen and oxygen atoms in total. The maximum atomic E-state index is 11.6. The molecule has 8 heteroatoms. The second kappa shape index (κ2) is 9.00. The van der Waals surface area contributed by atoms with Crippen molar-refractivity contribution in [1.82, 2.24) is 30.3 Å². The number of guanidine groups is 1. The van der Waals surface area contributed by atoms with Gasteiger partial charge >= 0.3 is 0 Å². The second-order valence-electron chi connectivity index (χ2n) is 7.12. The predicted molar refractivity (Wildman–Crippen MR) is 101 cm³/mol. The van der Waals surface area contributed by atoms with Gasteiger partial charge in [0.05, 0.1) is 0 Å². The van der Waals surface area contributed by atoms with Crippen LogP contribution in [-0.4, -0.2) is 58.2 Å². The first kappa shape index (κ1) is 18.7. The van der Waals surface area contributed by atoms with E-state index in [9.17, 15) is 4.79 Å². The first-order valence-corrected chi connectivity index (χ1v) is 9.86. The number of piperidine rings is 1. The number of amides is 1. The Kier molecular flexibility index (Phi) is 6.46. The zero-order chi connectivity index (χ0) is 18.4. The largest absolute Gasteiger partial charge is 0.359 e. The van der Waals surface area contributed by atoms with Crippen LogP contribution in [0.1, 0.15) is 50.7 Å². The Morgan fingerprint density at radius 2 is 2.04 bits per heavy atom. The van der Waals surface area contributed by atoms with Crippen LogP contribution >= 0.6 is 0 Å². The Labute approximate surface area is 155 Å². The Morgan fingerprint density at radius 1 is 1.23 bits per heavy atom. The predicted octanol–water partition coefficient (Wildman–Crippen LogP) is 0.928. The molecule has 0 saturated carbocycles. The van der Waals surface area contributed by atoms with Crippen LogP contribution in [0.4, 0.5) is 0 Å². The lowest BCUT2D eigenvalue weighted by Crippen LogP contribution is -2.46. The van der Waals surface area contributed by atoms with Gasteiger partial charge in [-0.15, -0.1) is 10.2 Å². The average Bonchev–Trinajstić information content (AvgIpc) is 3.09. The molecule has 2 aliphatic rings. The molecule has 3 heterocycles. The highest BCUT2D eigenvalue weighted by molar-refractivity contribution is 5.80. The van der Waals surface area contributed by atoms with Crippen LogP contribution in [0, 0.1) is 5.92 Å². The van der Waals surface area contributed by atoms with Crippen molar-refractivity contribution in [3.63, 3.8) is 0 Å². The molecule has 144 valence electrons. The number of aromatic nitrogens is 3. The fraction of sp³-hybridized carbons (Fsp3) is 0.778. The number of fused-ring (bicyclic) bond motifs is 1. The second-order valence-corrected chi connectivity index (χ2v) is 7.12. The summed E-state index contributed by atoms with van der Waals surface area (Å²) >= 11 is 0. The number of rotatable bonds is 5. The molecule has 0 spiro atoms. The van der Waals surface area contributed by atoms with Crippen LogP contribution < -0.4 is 10.6 Å². The third-order valence-corrected chi connectivity index (χ3v) is 5.31. The topological polar surface area (TPSA) is 87.4 Å². The normalized spacial score (nSPS) is 18.5. The third-order valence-electron chi connectivity index (χ3n) is 5.31. The quantitative estimate of drug-likeness (QED) is 0.602. The Balaban J connectivity index is 1.59. The maximum absolute atomic E-state index is 11.6. The number of carbonyl (C=O) groups excluding carboxylic acids is 1. The van der Waals surface area contributed by atoms with E-state index in [0.717, 1.165) is 63.0 Å². The monoisotopic (exact) mass is 361 g/mol. The minimum atomic E-state index is 0.139. The van der Waals surface area contributed by atoms with Gasteiger partial charge in [0.1, 0.15) is 12.4 Å². The summed E-state index contributed by atoms with van der Waals surface area (Å²) in [7, 11) is 1.70. The number of nitrogens with one attached hydrogen (secondary N) is 2. The van der Waals surface area contributed by atoms with Gasteiger partial charge in [-0.3, -0.25) is 4.79 Å². The van der Waals surface area contributed by atoms with Crippen LogP contribution in [-0.2, 0) is 24.3 Å². The van der Waals surface area contributed by atoms with E-state index in [0.29, 0.717) is 18.9 Å². The summed E-state index contributed by atoms with van der Waals surface area (Å²) in [5.41, 5.74) is 0. The molecule has 0 aromatic carbocycles. The third kappa shape index (κ3) is 4.53. The van der Waals surface area contributed by atoms with Crippen molar-refractivity contribution >= 4 is 11.9 Å². The van der Waals surface area contributed by atoms with Crippen LogP contribution in [0.25, 0.3) is 0 Å². The molecule has 3 rings (SSSR count). The summed E-state index contributed by atoms with van der Waals surface area (Å²) < 4.78 is 2.23. The van der Waals surface area contributed by atoms with E-state index in [1.807, 2.05) is 0 Å². The first-order chi connectivity index (χ1) is 12.7. The highest BCUT2D eigenvalue weighted by atomic mass is 16.1. The number of hydrogen-bond donors (Lipinski definition) is 2. The van der Waals surface area contributed by atoms with E-state index in [1.165, 1.54) is 12.8 Å². The highest BCUT2D eigenvalue weighted by Crippen LogP contribution is 2.21. The van der Waals surface area contributed by atoms with Crippen molar-refractivity contribution in [3.05, 3.63) is 11.6 Å². The van der Waals surface area contributed by atoms with E-state index in [1.54, 1.807) is 7.05 Å². The van der Waals surface area contributed by atoms with Crippen LogP contribution in [0.3, 0.4) is 0 Å². The van der Waals surface area contributed by atoms with Crippen LogP contribution in [0.15, 0.2) is 4.99 Å². The fourth-order valence-corrected chi connectivity index (χ4v) is 3.77. The zero-order valence-corrected chi connectivity index (χ0v) is 16.0. The van der Waals surface area contributed by atoms with Gasteiger partial charge < -0.3 is 20.1 Å². The molecule has 0 aliphatic carbocycles. The first-order valence-electron chi connectivity index (χ1n) is 9.86. The number of likely N-dealkylation sites (tertiary alicyclic amines) is 1. The molecule has 0 atom stereocenters. The number of hydrogen-bond acceptors (Lipinski definition) is 4. The van der Waals surface area contributed by atoms with Gasteiger partial charge in [-0.25, -0.2) is 4.99 Å². The maximum Gasteiger partial charge on any atom is 0.220 e. The van der Waals surface area contributed by atoms with Gasteiger partial charge in [0.25, 0.3) is 0 Å². The standard InChI is InChI=1S/C18H31N7O/c1-3-20-18(24-10-7-14(8-11-24)12-17(26)19-2)21-13-16-23-22-15-6-4-5-9-25(15)16/h14H,3-13H2,1-2H3,(H,19,26)(H,20,21). The molecule has 1 amide bonds. The van der Waals surface area contributed by atoms with Crippen molar-refractivity contribution in [3.8, 4) is 0 Å². The summed E-state index contributed by atoms with van der Waals surface area (Å²) in [6.45, 7) is 6.38. The molecule has 1 aromatic rings. The lowest BCUT2D eigenvalue weighted by molar-refractivity contribution is -0.121.